The van der Waals surface area contributed by atoms with Gasteiger partial charge in [0.2, 0.25) is 5.91 Å². The summed E-state index contributed by atoms with van der Waals surface area (Å²) in [4.78, 5) is 19.0. The third-order valence-corrected chi connectivity index (χ3v) is 5.70. The Balaban J connectivity index is 1.36. The summed E-state index contributed by atoms with van der Waals surface area (Å²) >= 11 is 0. The Morgan fingerprint density at radius 2 is 1.93 bits per heavy atom. The molecule has 1 unspecified atom stereocenters. The van der Waals surface area contributed by atoms with E-state index >= 15 is 0 Å². The van der Waals surface area contributed by atoms with E-state index in [1.54, 1.807) is 7.05 Å². The Labute approximate surface area is 168 Å². The molecule has 1 saturated carbocycles. The van der Waals surface area contributed by atoms with Crippen LogP contribution >= 0.6 is 0 Å². The molecular weight excluding hydrogens is 352 g/mol. The lowest BCUT2D eigenvalue weighted by Crippen LogP contribution is -2.46. The zero-order valence-corrected chi connectivity index (χ0v) is 17.2. The van der Waals surface area contributed by atoms with Gasteiger partial charge in [-0.1, -0.05) is 37.0 Å². The van der Waals surface area contributed by atoms with Gasteiger partial charge >= 0.3 is 0 Å². The zero-order chi connectivity index (χ0) is 19.8. The van der Waals surface area contributed by atoms with Crippen molar-refractivity contribution in [2.24, 2.45) is 10.9 Å². The number of rotatable bonds is 6. The second-order valence-electron chi connectivity index (χ2n) is 7.91. The van der Waals surface area contributed by atoms with Gasteiger partial charge in [-0.25, -0.2) is 0 Å². The van der Waals surface area contributed by atoms with Gasteiger partial charge in [0.25, 0.3) is 0 Å². The molecule has 1 amide bonds. The van der Waals surface area contributed by atoms with Crippen molar-refractivity contribution in [1.29, 1.82) is 0 Å². The number of benzene rings is 1. The van der Waals surface area contributed by atoms with Crippen molar-refractivity contribution in [3.63, 3.8) is 0 Å². The first-order valence-electron chi connectivity index (χ1n) is 10.6. The second kappa shape index (κ2) is 10.3. The maximum absolute atomic E-state index is 12.7. The molecule has 6 heteroatoms. The molecule has 2 N–H and O–H groups in total. The maximum atomic E-state index is 12.7. The van der Waals surface area contributed by atoms with Gasteiger partial charge in [0.05, 0.1) is 6.54 Å². The predicted molar refractivity (Wildman–Crippen MR) is 113 cm³/mol. The summed E-state index contributed by atoms with van der Waals surface area (Å²) in [5.41, 5.74) is 1.22. The molecule has 1 aromatic rings. The van der Waals surface area contributed by atoms with Crippen molar-refractivity contribution in [1.82, 2.24) is 15.5 Å². The van der Waals surface area contributed by atoms with Gasteiger partial charge in [-0.05, 0) is 38.3 Å². The molecule has 1 aliphatic carbocycles. The number of hydrogen-bond donors (Lipinski definition) is 2. The van der Waals surface area contributed by atoms with E-state index in [0.29, 0.717) is 19.1 Å². The summed E-state index contributed by atoms with van der Waals surface area (Å²) in [7, 11) is 1.77. The third kappa shape index (κ3) is 5.88. The van der Waals surface area contributed by atoms with Gasteiger partial charge in [-0.2, -0.15) is 0 Å². The van der Waals surface area contributed by atoms with Crippen molar-refractivity contribution in [2.45, 2.75) is 51.5 Å². The van der Waals surface area contributed by atoms with Gasteiger partial charge in [-0.3, -0.25) is 9.79 Å². The summed E-state index contributed by atoms with van der Waals surface area (Å²) in [5.74, 6) is 2.26. The fourth-order valence-corrected chi connectivity index (χ4v) is 4.05. The van der Waals surface area contributed by atoms with E-state index in [0.717, 1.165) is 44.1 Å². The molecule has 0 bridgehead atoms. The quantitative estimate of drug-likeness (QED) is 0.448. The number of likely N-dealkylation sites (tertiary alicyclic amines) is 1. The summed E-state index contributed by atoms with van der Waals surface area (Å²) in [6.45, 7) is 4.93. The van der Waals surface area contributed by atoms with E-state index in [1.165, 1.54) is 24.8 Å². The summed E-state index contributed by atoms with van der Waals surface area (Å²) < 4.78 is 5.74. The van der Waals surface area contributed by atoms with Crippen molar-refractivity contribution < 1.29 is 9.53 Å². The number of carbonyl (C=O) groups is 1. The molecule has 6 nitrogen and oxygen atoms in total. The van der Waals surface area contributed by atoms with Crippen molar-refractivity contribution >= 4 is 11.9 Å². The molecule has 0 radical (unpaired) electrons. The highest BCUT2D eigenvalue weighted by atomic mass is 16.5. The molecular formula is C22H34N4O2. The number of hydrogen-bond acceptors (Lipinski definition) is 3. The van der Waals surface area contributed by atoms with Crippen LogP contribution in [0.4, 0.5) is 0 Å². The fraction of sp³-hybridized carbons (Fsp3) is 0.636. The highest BCUT2D eigenvalue weighted by molar-refractivity contribution is 5.81. The number of ether oxygens (including phenoxy) is 1. The summed E-state index contributed by atoms with van der Waals surface area (Å²) in [6.07, 6.45) is 6.79. The average Bonchev–Trinajstić information content (AvgIpc) is 3.20. The van der Waals surface area contributed by atoms with Crippen LogP contribution in [0.3, 0.4) is 0 Å². The minimum absolute atomic E-state index is 0.254. The molecule has 1 saturated heterocycles. The minimum Gasteiger partial charge on any atom is -0.492 e. The van der Waals surface area contributed by atoms with Crippen LogP contribution in [0.15, 0.2) is 29.3 Å². The largest absolute Gasteiger partial charge is 0.492 e. The van der Waals surface area contributed by atoms with E-state index in [1.807, 2.05) is 29.2 Å². The number of nitrogens with zero attached hydrogens (tertiary/aromatic N) is 2. The monoisotopic (exact) mass is 386 g/mol. The third-order valence-electron chi connectivity index (χ3n) is 5.70. The van der Waals surface area contributed by atoms with Crippen molar-refractivity contribution in [2.75, 3.05) is 33.3 Å². The first-order chi connectivity index (χ1) is 13.7. The maximum Gasteiger partial charge on any atom is 0.225 e. The van der Waals surface area contributed by atoms with Crippen LogP contribution in [0.5, 0.6) is 5.75 Å². The number of carbonyl (C=O) groups excluding carboxylic acids is 1. The molecule has 3 rings (SSSR count). The Kier molecular flexibility index (Phi) is 7.57. The number of aliphatic imine (C=N–C) groups is 1. The predicted octanol–water partition coefficient (Wildman–Crippen LogP) is 2.72. The summed E-state index contributed by atoms with van der Waals surface area (Å²) in [6, 6.07) is 8.32. The van der Waals surface area contributed by atoms with Crippen LogP contribution in [0.25, 0.3) is 0 Å². The SMILES string of the molecule is CN=C(NCCOc1ccc(C)cc1)NC1CCN(C(=O)C2CCCCC2)C1. The number of amides is 1. The topological polar surface area (TPSA) is 66.0 Å². The Hall–Kier alpha value is -2.24. The Morgan fingerprint density at radius 1 is 1.18 bits per heavy atom. The van der Waals surface area contributed by atoms with Gasteiger partial charge in [0.1, 0.15) is 12.4 Å². The van der Waals surface area contributed by atoms with Crippen molar-refractivity contribution in [3.8, 4) is 5.75 Å². The van der Waals surface area contributed by atoms with Crippen LogP contribution in [0, 0.1) is 12.8 Å². The van der Waals surface area contributed by atoms with Gasteiger partial charge in [0.15, 0.2) is 5.96 Å². The van der Waals surface area contributed by atoms with Crippen LogP contribution in [-0.4, -0.2) is 56.1 Å². The molecule has 154 valence electrons. The average molecular weight is 387 g/mol. The molecule has 0 spiro atoms. The van der Waals surface area contributed by atoms with Gasteiger partial charge in [0, 0.05) is 32.1 Å². The molecule has 0 aromatic heterocycles. The molecule has 2 aliphatic rings. The van der Waals surface area contributed by atoms with E-state index in [4.69, 9.17) is 4.74 Å². The number of guanidine groups is 1. The second-order valence-corrected chi connectivity index (χ2v) is 7.91. The van der Waals surface area contributed by atoms with E-state index in [-0.39, 0.29) is 12.0 Å². The first-order valence-corrected chi connectivity index (χ1v) is 10.6. The van der Waals surface area contributed by atoms with Crippen LogP contribution in [0.2, 0.25) is 0 Å². The van der Waals surface area contributed by atoms with E-state index in [9.17, 15) is 4.79 Å². The standard InChI is InChI=1S/C22H34N4O2/c1-17-8-10-20(11-9-17)28-15-13-24-22(23-2)25-19-12-14-26(16-19)21(27)18-6-4-3-5-7-18/h8-11,18-19H,3-7,12-16H2,1-2H3,(H2,23,24,25). The lowest BCUT2D eigenvalue weighted by molar-refractivity contribution is -0.135. The molecule has 28 heavy (non-hydrogen) atoms. The smallest absolute Gasteiger partial charge is 0.225 e. The Bertz CT molecular complexity index is 653. The summed E-state index contributed by atoms with van der Waals surface area (Å²) in [5, 5.41) is 6.74. The molecule has 1 aliphatic heterocycles. The van der Waals surface area contributed by atoms with Crippen LogP contribution in [-0.2, 0) is 4.79 Å². The highest BCUT2D eigenvalue weighted by Gasteiger charge is 2.31. The van der Waals surface area contributed by atoms with Crippen LogP contribution in [0.1, 0.15) is 44.1 Å². The molecule has 1 atom stereocenters. The van der Waals surface area contributed by atoms with E-state index in [2.05, 4.69) is 22.5 Å². The first kappa shape index (κ1) is 20.5. The van der Waals surface area contributed by atoms with Crippen LogP contribution < -0.4 is 15.4 Å². The number of nitrogens with one attached hydrogen (secondary N) is 2. The lowest BCUT2D eigenvalue weighted by Gasteiger charge is -2.26. The Morgan fingerprint density at radius 3 is 2.64 bits per heavy atom. The number of aryl methyl sites for hydroxylation is 1. The molecule has 2 fully saturated rings. The van der Waals surface area contributed by atoms with Gasteiger partial charge in [-0.15, -0.1) is 0 Å². The lowest BCUT2D eigenvalue weighted by atomic mass is 9.88. The van der Waals surface area contributed by atoms with Gasteiger partial charge < -0.3 is 20.3 Å². The normalized spacial score (nSPS) is 20.9. The molecule has 1 aromatic carbocycles. The highest BCUT2D eigenvalue weighted by Crippen LogP contribution is 2.26. The zero-order valence-electron chi connectivity index (χ0n) is 17.2. The fourth-order valence-electron chi connectivity index (χ4n) is 4.05. The van der Waals surface area contributed by atoms with Crippen molar-refractivity contribution in [3.05, 3.63) is 29.8 Å². The molecule has 1 heterocycles. The minimum atomic E-state index is 0.254. The van der Waals surface area contributed by atoms with E-state index < -0.39 is 0 Å².